The van der Waals surface area contributed by atoms with E-state index in [1.807, 2.05) is 0 Å². The lowest BCUT2D eigenvalue weighted by molar-refractivity contribution is -0.126. The number of hydrogen-bond acceptors (Lipinski definition) is 3. The van der Waals surface area contributed by atoms with E-state index in [4.69, 9.17) is 11.6 Å². The summed E-state index contributed by atoms with van der Waals surface area (Å²) >= 11 is 6.21. The Morgan fingerprint density at radius 3 is 2.46 bits per heavy atom. The molecule has 1 aliphatic heterocycles. The van der Waals surface area contributed by atoms with Crippen molar-refractivity contribution in [3.05, 3.63) is 39.9 Å². The molecule has 0 amide bonds. The average Bonchev–Trinajstić information content (AvgIpc) is 3.00. The fourth-order valence-electron chi connectivity index (χ4n) is 6.64. The molecule has 2 unspecified atom stereocenters. The summed E-state index contributed by atoms with van der Waals surface area (Å²) in [6.07, 6.45) is 8.22. The third-order valence-corrected chi connectivity index (χ3v) is 7.85. The zero-order chi connectivity index (χ0) is 19.8. The van der Waals surface area contributed by atoms with Gasteiger partial charge in [-0.2, -0.15) is 0 Å². The van der Waals surface area contributed by atoms with Crippen LogP contribution in [0.5, 0.6) is 0 Å². The molecular weight excluding hydrogens is 374 g/mol. The molecule has 4 nitrogen and oxygen atoms in total. The second kappa shape index (κ2) is 5.85. The van der Waals surface area contributed by atoms with Crippen LogP contribution in [0, 0.1) is 23.2 Å². The Morgan fingerprint density at radius 2 is 1.86 bits per heavy atom. The second-order valence-corrected chi connectivity index (χ2v) is 10.6. The van der Waals surface area contributed by atoms with E-state index < -0.39 is 5.97 Å². The molecule has 5 aliphatic rings. The lowest BCUT2D eigenvalue weighted by Gasteiger charge is -2.38. The number of hydrogen-bond donors (Lipinski definition) is 2. The summed E-state index contributed by atoms with van der Waals surface area (Å²) in [6, 6.07) is 3.37. The molecule has 5 heteroatoms. The number of ketones is 1. The van der Waals surface area contributed by atoms with E-state index in [2.05, 4.69) is 19.2 Å². The molecular formula is C23H26ClNO3. The summed E-state index contributed by atoms with van der Waals surface area (Å²) < 4.78 is 0. The number of halogens is 1. The van der Waals surface area contributed by atoms with E-state index in [-0.39, 0.29) is 27.3 Å². The molecule has 0 spiro atoms. The maximum atomic E-state index is 13.5. The van der Waals surface area contributed by atoms with Gasteiger partial charge in [0.05, 0.1) is 10.6 Å². The monoisotopic (exact) mass is 399 g/mol. The molecule has 6 rings (SSSR count). The molecule has 2 N–H and O–H groups in total. The highest BCUT2D eigenvalue weighted by Gasteiger charge is 2.58. The Labute approximate surface area is 170 Å². The Bertz CT molecular complexity index is 913. The first-order valence-corrected chi connectivity index (χ1v) is 10.6. The fraction of sp³-hybridized carbons (Fsp3) is 0.565. The van der Waals surface area contributed by atoms with Gasteiger partial charge < -0.3 is 10.4 Å². The third-order valence-electron chi connectivity index (χ3n) is 7.54. The van der Waals surface area contributed by atoms with Crippen molar-refractivity contribution in [3.8, 4) is 0 Å². The van der Waals surface area contributed by atoms with Crippen molar-refractivity contribution in [1.29, 1.82) is 0 Å². The summed E-state index contributed by atoms with van der Waals surface area (Å²) in [4.78, 5) is 25.0. The molecule has 2 atom stereocenters. The van der Waals surface area contributed by atoms with E-state index in [1.165, 1.54) is 12.8 Å². The van der Waals surface area contributed by atoms with E-state index in [0.717, 1.165) is 60.3 Å². The van der Waals surface area contributed by atoms with Gasteiger partial charge in [-0.05, 0) is 87.8 Å². The largest absolute Gasteiger partial charge is 0.478 e. The number of nitrogens with one attached hydrogen (secondary N) is 1. The molecule has 0 aromatic heterocycles. The lowest BCUT2D eigenvalue weighted by Crippen LogP contribution is -2.44. The van der Waals surface area contributed by atoms with Crippen LogP contribution in [0.2, 0.25) is 5.02 Å². The first kappa shape index (κ1) is 18.2. The number of carbonyl (C=O) groups excluding carboxylic acids is 1. The Kier molecular flexibility index (Phi) is 3.81. The highest BCUT2D eigenvalue weighted by Crippen LogP contribution is 2.64. The molecule has 1 aromatic carbocycles. The highest BCUT2D eigenvalue weighted by molar-refractivity contribution is 6.33. The molecule has 1 aromatic rings. The summed E-state index contributed by atoms with van der Waals surface area (Å²) in [7, 11) is 0. The highest BCUT2D eigenvalue weighted by atomic mass is 35.5. The molecule has 4 bridgehead atoms. The van der Waals surface area contributed by atoms with Gasteiger partial charge in [0.15, 0.2) is 5.78 Å². The Hall–Kier alpha value is -1.81. The van der Waals surface area contributed by atoms with Crippen molar-refractivity contribution in [2.75, 3.05) is 0 Å². The summed E-state index contributed by atoms with van der Waals surface area (Å²) in [6.45, 7) is 4.18. The second-order valence-electron chi connectivity index (χ2n) is 10.2. The third kappa shape index (κ3) is 2.72. The van der Waals surface area contributed by atoms with Crippen molar-refractivity contribution in [2.45, 2.75) is 57.9 Å². The summed E-state index contributed by atoms with van der Waals surface area (Å²) in [5, 5.41) is 13.2. The van der Waals surface area contributed by atoms with Crippen LogP contribution >= 0.6 is 11.6 Å². The quantitative estimate of drug-likeness (QED) is 0.723. The minimum absolute atomic E-state index is 0.0817. The normalized spacial score (nSPS) is 35.7. The summed E-state index contributed by atoms with van der Waals surface area (Å²) in [5.74, 6) is 1.37. The maximum absolute atomic E-state index is 13.5. The Morgan fingerprint density at radius 1 is 1.18 bits per heavy atom. The Balaban J connectivity index is 1.56. The maximum Gasteiger partial charge on any atom is 0.337 e. The number of carboxylic acids is 1. The predicted molar refractivity (Wildman–Crippen MR) is 108 cm³/mol. The first-order valence-electron chi connectivity index (χ1n) is 10.3. The van der Waals surface area contributed by atoms with Crippen molar-refractivity contribution >= 4 is 29.1 Å². The van der Waals surface area contributed by atoms with Crippen LogP contribution in [0.1, 0.15) is 67.4 Å². The van der Waals surface area contributed by atoms with E-state index in [1.54, 1.807) is 18.2 Å². The van der Waals surface area contributed by atoms with Gasteiger partial charge in [-0.25, -0.2) is 4.79 Å². The number of allylic oxidation sites excluding steroid dienone is 1. The van der Waals surface area contributed by atoms with E-state index in [0.29, 0.717) is 0 Å². The van der Waals surface area contributed by atoms with Gasteiger partial charge in [-0.3, -0.25) is 4.79 Å². The van der Waals surface area contributed by atoms with Crippen LogP contribution in [0.3, 0.4) is 0 Å². The van der Waals surface area contributed by atoms with Crippen LogP contribution < -0.4 is 5.32 Å². The molecule has 148 valence electrons. The van der Waals surface area contributed by atoms with E-state index >= 15 is 0 Å². The molecule has 4 aliphatic carbocycles. The number of benzene rings is 1. The van der Waals surface area contributed by atoms with Gasteiger partial charge in [-0.15, -0.1) is 0 Å². The molecule has 28 heavy (non-hydrogen) atoms. The predicted octanol–water partition coefficient (Wildman–Crippen LogP) is 4.70. The minimum atomic E-state index is -1.05. The SMILES string of the molecule is CC1(C)Cc2cc(Cl)c(C(=O)O)cc2/C(=C/C(=O)C23CC4CC(C2)C(C4)C3)N1. The smallest absolute Gasteiger partial charge is 0.337 e. The molecule has 0 saturated heterocycles. The first-order chi connectivity index (χ1) is 13.2. The zero-order valence-electron chi connectivity index (χ0n) is 16.3. The zero-order valence-corrected chi connectivity index (χ0v) is 17.1. The fourth-order valence-corrected chi connectivity index (χ4v) is 6.90. The number of fused-ring (bicyclic) bond motifs is 1. The van der Waals surface area contributed by atoms with Crippen LogP contribution in [0.25, 0.3) is 5.70 Å². The van der Waals surface area contributed by atoms with Crippen LogP contribution in [-0.4, -0.2) is 22.4 Å². The van der Waals surface area contributed by atoms with Crippen molar-refractivity contribution in [2.24, 2.45) is 23.2 Å². The van der Waals surface area contributed by atoms with Gasteiger partial charge in [-0.1, -0.05) is 11.6 Å². The lowest BCUT2D eigenvalue weighted by atomic mass is 9.67. The minimum Gasteiger partial charge on any atom is -0.478 e. The number of rotatable bonds is 3. The standard InChI is InChI=1S/C23H26ClNO3/c1-22(2)9-15-5-18(24)17(21(27)28)6-16(15)19(25-22)7-20(26)23-8-12-3-13(10-23)14(4-12)11-23/h5-7,12-14,25H,3-4,8-11H2,1-2H3,(H,27,28)/b19-7-. The summed E-state index contributed by atoms with van der Waals surface area (Å²) in [5.41, 5.74) is 2.20. The van der Waals surface area contributed by atoms with Crippen LogP contribution in [0.4, 0.5) is 0 Å². The van der Waals surface area contributed by atoms with Crippen LogP contribution in [-0.2, 0) is 11.2 Å². The number of aromatic carboxylic acids is 1. The number of carboxylic acid groups (broad SMARTS) is 1. The van der Waals surface area contributed by atoms with Gasteiger partial charge in [0.25, 0.3) is 0 Å². The molecule has 0 radical (unpaired) electrons. The van der Waals surface area contributed by atoms with Gasteiger partial charge in [0.2, 0.25) is 0 Å². The van der Waals surface area contributed by atoms with Gasteiger partial charge >= 0.3 is 5.97 Å². The van der Waals surface area contributed by atoms with Gasteiger partial charge in [0.1, 0.15) is 0 Å². The number of carbonyl (C=O) groups is 2. The molecule has 1 heterocycles. The molecule has 4 fully saturated rings. The topological polar surface area (TPSA) is 66.4 Å². The van der Waals surface area contributed by atoms with Gasteiger partial charge in [0, 0.05) is 28.3 Å². The van der Waals surface area contributed by atoms with Crippen molar-refractivity contribution in [1.82, 2.24) is 5.32 Å². The van der Waals surface area contributed by atoms with E-state index in [9.17, 15) is 14.7 Å². The van der Waals surface area contributed by atoms with Crippen LogP contribution in [0.15, 0.2) is 18.2 Å². The van der Waals surface area contributed by atoms with Crippen molar-refractivity contribution < 1.29 is 14.7 Å². The van der Waals surface area contributed by atoms with Crippen molar-refractivity contribution in [3.63, 3.8) is 0 Å². The average molecular weight is 400 g/mol. The molecule has 4 saturated carbocycles.